The van der Waals surface area contributed by atoms with Crippen molar-refractivity contribution in [1.29, 1.82) is 0 Å². The molecule has 1 unspecified atom stereocenters. The number of hydrogen-bond donors (Lipinski definition) is 1. The highest BCUT2D eigenvalue weighted by molar-refractivity contribution is 5.74. The molecule has 0 spiro atoms. The Bertz CT molecular complexity index is 635. The maximum Gasteiger partial charge on any atom is 0.317 e. The van der Waals surface area contributed by atoms with E-state index >= 15 is 0 Å². The van der Waals surface area contributed by atoms with E-state index in [0.717, 1.165) is 57.8 Å². The maximum absolute atomic E-state index is 12.3. The van der Waals surface area contributed by atoms with Crippen LogP contribution in [0.4, 0.5) is 4.79 Å². The molecule has 3 heterocycles. The van der Waals surface area contributed by atoms with Gasteiger partial charge in [0, 0.05) is 45.2 Å². The van der Waals surface area contributed by atoms with E-state index in [2.05, 4.69) is 40.6 Å². The first kappa shape index (κ1) is 15.5. The van der Waals surface area contributed by atoms with Crippen LogP contribution in [0.2, 0.25) is 0 Å². The van der Waals surface area contributed by atoms with Crippen molar-refractivity contribution in [3.63, 3.8) is 0 Å². The number of rotatable bonds is 4. The van der Waals surface area contributed by atoms with Crippen molar-refractivity contribution >= 4 is 6.03 Å². The molecule has 3 aliphatic heterocycles. The van der Waals surface area contributed by atoms with Gasteiger partial charge in [0.1, 0.15) is 5.75 Å². The van der Waals surface area contributed by atoms with Gasteiger partial charge in [-0.15, -0.1) is 0 Å². The van der Waals surface area contributed by atoms with E-state index in [-0.39, 0.29) is 6.03 Å². The minimum atomic E-state index is 0.0779. The van der Waals surface area contributed by atoms with Gasteiger partial charge in [-0.25, -0.2) is 4.79 Å². The number of urea groups is 1. The number of hydrogen-bond acceptors (Lipinski definition) is 3. The summed E-state index contributed by atoms with van der Waals surface area (Å²) in [5.74, 6) is 1.02. The summed E-state index contributed by atoms with van der Waals surface area (Å²) in [4.78, 5) is 16.7. The zero-order chi connectivity index (χ0) is 16.4. The highest BCUT2D eigenvalue weighted by Crippen LogP contribution is 2.26. The summed E-state index contributed by atoms with van der Waals surface area (Å²) in [5, 5.41) is 3.07. The molecular weight excluding hydrogens is 302 g/mol. The number of nitrogens with one attached hydrogen (secondary N) is 1. The third-order valence-corrected chi connectivity index (χ3v) is 5.26. The Morgan fingerprint density at radius 1 is 1.29 bits per heavy atom. The van der Waals surface area contributed by atoms with Gasteiger partial charge < -0.3 is 15.0 Å². The van der Waals surface area contributed by atoms with Gasteiger partial charge in [0.05, 0.1) is 6.61 Å². The van der Waals surface area contributed by atoms with Crippen LogP contribution in [0, 0.1) is 0 Å². The normalized spacial score (nSPS) is 22.7. The van der Waals surface area contributed by atoms with E-state index in [9.17, 15) is 4.79 Å². The highest BCUT2D eigenvalue weighted by atomic mass is 16.5. The number of benzene rings is 1. The Morgan fingerprint density at radius 3 is 3.04 bits per heavy atom. The van der Waals surface area contributed by atoms with Crippen molar-refractivity contribution < 1.29 is 9.53 Å². The fourth-order valence-corrected chi connectivity index (χ4v) is 3.84. The fraction of sp³-hybridized carbons (Fsp3) is 0.526. The van der Waals surface area contributed by atoms with Crippen LogP contribution in [-0.4, -0.2) is 61.2 Å². The molecule has 128 valence electrons. The Balaban J connectivity index is 1.22. The third-order valence-electron chi connectivity index (χ3n) is 5.26. The molecule has 0 radical (unpaired) electrons. The number of carbonyl (C=O) groups excluding carboxylic acids is 1. The van der Waals surface area contributed by atoms with Gasteiger partial charge in [-0.05, 0) is 30.0 Å². The molecule has 1 atom stereocenters. The first-order chi connectivity index (χ1) is 11.8. The Kier molecular flexibility index (Phi) is 4.43. The van der Waals surface area contributed by atoms with Crippen LogP contribution in [0.15, 0.2) is 30.4 Å². The minimum absolute atomic E-state index is 0.0779. The van der Waals surface area contributed by atoms with Crippen molar-refractivity contribution in [2.75, 3.05) is 39.3 Å². The number of amides is 2. The van der Waals surface area contributed by atoms with Gasteiger partial charge in [0.2, 0.25) is 0 Å². The fourth-order valence-electron chi connectivity index (χ4n) is 3.84. The van der Waals surface area contributed by atoms with Gasteiger partial charge in [0.25, 0.3) is 0 Å². The van der Waals surface area contributed by atoms with Crippen LogP contribution in [0.1, 0.15) is 17.5 Å². The van der Waals surface area contributed by atoms with Crippen molar-refractivity contribution in [3.8, 4) is 5.75 Å². The highest BCUT2D eigenvalue weighted by Gasteiger charge is 2.30. The summed E-state index contributed by atoms with van der Waals surface area (Å²) >= 11 is 0. The second-order valence-electron chi connectivity index (χ2n) is 6.84. The average molecular weight is 327 g/mol. The first-order valence-electron chi connectivity index (χ1n) is 8.96. The lowest BCUT2D eigenvalue weighted by molar-refractivity contribution is 0.200. The van der Waals surface area contributed by atoms with Gasteiger partial charge in [-0.1, -0.05) is 24.3 Å². The van der Waals surface area contributed by atoms with Gasteiger partial charge in [0.15, 0.2) is 0 Å². The SMILES string of the molecule is O=C(NCCc1ccc2c(c1)CCO2)N1CCC(N2CC=CC2)C1. The van der Waals surface area contributed by atoms with Crippen LogP contribution in [0.5, 0.6) is 5.75 Å². The molecule has 1 aromatic rings. The third kappa shape index (κ3) is 3.26. The van der Waals surface area contributed by atoms with Crippen molar-refractivity contribution in [3.05, 3.63) is 41.5 Å². The lowest BCUT2D eigenvalue weighted by Crippen LogP contribution is -2.42. The van der Waals surface area contributed by atoms with E-state index < -0.39 is 0 Å². The number of carbonyl (C=O) groups is 1. The molecule has 2 amide bonds. The predicted molar refractivity (Wildman–Crippen MR) is 93.4 cm³/mol. The smallest absolute Gasteiger partial charge is 0.317 e. The molecule has 1 saturated heterocycles. The molecule has 0 bridgehead atoms. The second-order valence-corrected chi connectivity index (χ2v) is 6.84. The Labute approximate surface area is 143 Å². The first-order valence-corrected chi connectivity index (χ1v) is 8.96. The molecule has 0 saturated carbocycles. The molecule has 0 aromatic heterocycles. The van der Waals surface area contributed by atoms with Crippen LogP contribution >= 0.6 is 0 Å². The molecule has 1 fully saturated rings. The van der Waals surface area contributed by atoms with E-state index in [0.29, 0.717) is 12.6 Å². The molecule has 1 aromatic carbocycles. The van der Waals surface area contributed by atoms with Crippen molar-refractivity contribution in [1.82, 2.24) is 15.1 Å². The lowest BCUT2D eigenvalue weighted by Gasteiger charge is -2.23. The number of nitrogens with zero attached hydrogens (tertiary/aromatic N) is 2. The predicted octanol–water partition coefficient (Wildman–Crippen LogP) is 1.82. The maximum atomic E-state index is 12.3. The molecule has 4 rings (SSSR count). The molecule has 3 aliphatic rings. The zero-order valence-corrected chi connectivity index (χ0v) is 14.0. The number of ether oxygens (including phenoxy) is 1. The van der Waals surface area contributed by atoms with Crippen LogP contribution < -0.4 is 10.1 Å². The van der Waals surface area contributed by atoms with Crippen LogP contribution in [-0.2, 0) is 12.8 Å². The van der Waals surface area contributed by atoms with Gasteiger partial charge >= 0.3 is 6.03 Å². The summed E-state index contributed by atoms with van der Waals surface area (Å²) in [7, 11) is 0. The summed E-state index contributed by atoms with van der Waals surface area (Å²) in [5.41, 5.74) is 2.56. The molecule has 24 heavy (non-hydrogen) atoms. The second kappa shape index (κ2) is 6.85. The number of likely N-dealkylation sites (tertiary alicyclic amines) is 1. The summed E-state index contributed by atoms with van der Waals surface area (Å²) in [6.07, 6.45) is 7.37. The monoisotopic (exact) mass is 327 g/mol. The zero-order valence-electron chi connectivity index (χ0n) is 14.0. The summed E-state index contributed by atoms with van der Waals surface area (Å²) in [6, 6.07) is 6.95. The quantitative estimate of drug-likeness (QED) is 0.858. The lowest BCUT2D eigenvalue weighted by atomic mass is 10.1. The van der Waals surface area contributed by atoms with E-state index in [1.807, 2.05) is 4.90 Å². The largest absolute Gasteiger partial charge is 0.493 e. The van der Waals surface area contributed by atoms with Gasteiger partial charge in [-0.3, -0.25) is 4.90 Å². The summed E-state index contributed by atoms with van der Waals surface area (Å²) in [6.45, 7) is 5.25. The van der Waals surface area contributed by atoms with E-state index in [1.165, 1.54) is 11.1 Å². The van der Waals surface area contributed by atoms with E-state index in [1.54, 1.807) is 0 Å². The Hall–Kier alpha value is -2.01. The van der Waals surface area contributed by atoms with Crippen LogP contribution in [0.25, 0.3) is 0 Å². The molecule has 0 aliphatic carbocycles. The number of fused-ring (bicyclic) bond motifs is 1. The average Bonchev–Trinajstić information content (AvgIpc) is 3.33. The minimum Gasteiger partial charge on any atom is -0.493 e. The molecule has 5 nitrogen and oxygen atoms in total. The molecule has 1 N–H and O–H groups in total. The van der Waals surface area contributed by atoms with Crippen molar-refractivity contribution in [2.45, 2.75) is 25.3 Å². The standard InChI is InChI=1S/C19H25N3O2/c23-19(22-11-6-17(14-22)21-9-1-2-10-21)20-8-5-15-3-4-18-16(13-15)7-12-24-18/h1-4,13,17H,5-12,14H2,(H,20,23). The molecular formula is C19H25N3O2. The van der Waals surface area contributed by atoms with E-state index in [4.69, 9.17) is 4.74 Å². The van der Waals surface area contributed by atoms with Crippen LogP contribution in [0.3, 0.4) is 0 Å². The molecule has 5 heteroatoms. The van der Waals surface area contributed by atoms with Crippen molar-refractivity contribution in [2.24, 2.45) is 0 Å². The Morgan fingerprint density at radius 2 is 2.17 bits per heavy atom. The van der Waals surface area contributed by atoms with Gasteiger partial charge in [-0.2, -0.15) is 0 Å². The topological polar surface area (TPSA) is 44.8 Å². The summed E-state index contributed by atoms with van der Waals surface area (Å²) < 4.78 is 5.53.